The van der Waals surface area contributed by atoms with Crippen molar-refractivity contribution in [3.05, 3.63) is 58.6 Å². The van der Waals surface area contributed by atoms with E-state index >= 15 is 0 Å². The van der Waals surface area contributed by atoms with Gasteiger partial charge in [0.05, 0.1) is 24.8 Å². The third-order valence-corrected chi connectivity index (χ3v) is 5.31. The second kappa shape index (κ2) is 9.01. The highest BCUT2D eigenvalue weighted by Gasteiger charge is 2.21. The van der Waals surface area contributed by atoms with Crippen LogP contribution in [0.5, 0.6) is 5.75 Å². The number of carbonyl (C=O) groups excluding carboxylic acids is 1. The summed E-state index contributed by atoms with van der Waals surface area (Å²) >= 11 is 3.35. The van der Waals surface area contributed by atoms with Crippen molar-refractivity contribution in [1.29, 1.82) is 0 Å². The monoisotopic (exact) mass is 453 g/mol. The molecule has 7 nitrogen and oxygen atoms in total. The number of benzene rings is 2. The Kier molecular flexibility index (Phi) is 6.98. The van der Waals surface area contributed by atoms with Crippen LogP contribution in [0.1, 0.15) is 12.5 Å². The summed E-state index contributed by atoms with van der Waals surface area (Å²) < 4.78 is 31.3. The lowest BCUT2D eigenvalue weighted by Crippen LogP contribution is -2.39. The molecule has 0 atom stereocenters. The lowest BCUT2D eigenvalue weighted by atomic mass is 10.1. The Morgan fingerprint density at radius 3 is 2.48 bits per heavy atom. The number of rotatable bonds is 7. The Morgan fingerprint density at radius 1 is 1.22 bits per heavy atom. The van der Waals surface area contributed by atoms with Crippen LogP contribution in [0.4, 0.5) is 5.69 Å². The van der Waals surface area contributed by atoms with Gasteiger partial charge in [-0.25, -0.2) is 13.8 Å². The number of hydrazone groups is 1. The molecule has 0 unspecified atom stereocenters. The molecule has 0 radical (unpaired) electrons. The molecule has 27 heavy (non-hydrogen) atoms. The van der Waals surface area contributed by atoms with Crippen LogP contribution < -0.4 is 14.5 Å². The highest BCUT2D eigenvalue weighted by atomic mass is 79.9. The van der Waals surface area contributed by atoms with Crippen molar-refractivity contribution in [2.45, 2.75) is 6.92 Å². The summed E-state index contributed by atoms with van der Waals surface area (Å²) in [5.41, 5.74) is 4.17. The van der Waals surface area contributed by atoms with Crippen molar-refractivity contribution in [2.75, 3.05) is 24.2 Å². The lowest BCUT2D eigenvalue weighted by molar-refractivity contribution is -0.119. The van der Waals surface area contributed by atoms with E-state index in [0.29, 0.717) is 17.1 Å². The number of nitrogens with one attached hydrogen (secondary N) is 1. The molecule has 0 spiro atoms. The molecule has 9 heteroatoms. The summed E-state index contributed by atoms with van der Waals surface area (Å²) in [7, 11) is -2.19. The smallest absolute Gasteiger partial charge is 0.260 e. The number of sulfonamides is 1. The average molecular weight is 454 g/mol. The number of nitrogens with zero attached hydrogens (tertiary/aromatic N) is 2. The Bertz CT molecular complexity index is 943. The van der Waals surface area contributed by atoms with E-state index in [9.17, 15) is 13.2 Å². The van der Waals surface area contributed by atoms with Crippen LogP contribution in [0.15, 0.2) is 58.1 Å². The van der Waals surface area contributed by atoms with Crippen LogP contribution in [-0.4, -0.2) is 39.9 Å². The van der Waals surface area contributed by atoms with Gasteiger partial charge in [-0.1, -0.05) is 34.1 Å². The molecule has 0 aliphatic heterocycles. The lowest BCUT2D eigenvalue weighted by Gasteiger charge is -2.21. The van der Waals surface area contributed by atoms with Gasteiger partial charge in [-0.3, -0.25) is 9.10 Å². The third-order valence-electron chi connectivity index (χ3n) is 3.64. The Labute approximate surface area is 167 Å². The molecule has 0 fully saturated rings. The van der Waals surface area contributed by atoms with Gasteiger partial charge in [0, 0.05) is 10.5 Å². The molecule has 2 aromatic carbocycles. The number of anilines is 1. The predicted molar refractivity (Wildman–Crippen MR) is 110 cm³/mol. The molecule has 1 N–H and O–H groups in total. The highest BCUT2D eigenvalue weighted by molar-refractivity contribution is 9.10. The zero-order valence-electron chi connectivity index (χ0n) is 15.1. The minimum absolute atomic E-state index is 0.334. The van der Waals surface area contributed by atoms with Crippen LogP contribution in [-0.2, 0) is 14.8 Å². The number of ether oxygens (including phenoxy) is 1. The Morgan fingerprint density at radius 2 is 1.89 bits per heavy atom. The largest absolute Gasteiger partial charge is 0.497 e. The number of carbonyl (C=O) groups is 1. The van der Waals surface area contributed by atoms with Crippen LogP contribution in [0, 0.1) is 0 Å². The van der Waals surface area contributed by atoms with Gasteiger partial charge < -0.3 is 4.74 Å². The maximum atomic E-state index is 12.3. The van der Waals surface area contributed by atoms with Crippen LogP contribution in [0.3, 0.4) is 0 Å². The van der Waals surface area contributed by atoms with Gasteiger partial charge >= 0.3 is 0 Å². The molecule has 0 aliphatic carbocycles. The van der Waals surface area contributed by atoms with E-state index in [4.69, 9.17) is 4.74 Å². The molecule has 0 saturated heterocycles. The van der Waals surface area contributed by atoms with Gasteiger partial charge in [0.15, 0.2) is 0 Å². The minimum atomic E-state index is -3.67. The molecule has 1 amide bonds. The Balaban J connectivity index is 2.14. The number of hydrogen-bond acceptors (Lipinski definition) is 5. The van der Waals surface area contributed by atoms with Crippen molar-refractivity contribution in [1.82, 2.24) is 5.43 Å². The molecule has 2 rings (SSSR count). The number of halogens is 1. The van der Waals surface area contributed by atoms with E-state index in [1.165, 1.54) is 7.11 Å². The second-order valence-corrected chi connectivity index (χ2v) is 8.53. The summed E-state index contributed by atoms with van der Waals surface area (Å²) in [6.45, 7) is 1.35. The Hall–Kier alpha value is -2.39. The first-order valence-electron chi connectivity index (χ1n) is 7.91. The van der Waals surface area contributed by atoms with Crippen LogP contribution in [0.25, 0.3) is 0 Å². The first kappa shape index (κ1) is 20.9. The summed E-state index contributed by atoms with van der Waals surface area (Å²) in [6, 6.07) is 13.9. The van der Waals surface area contributed by atoms with E-state index < -0.39 is 22.5 Å². The van der Waals surface area contributed by atoms with Gasteiger partial charge in [-0.05, 0) is 36.8 Å². The fraction of sp³-hybridized carbons (Fsp3) is 0.222. The van der Waals surface area contributed by atoms with E-state index in [0.717, 1.165) is 20.6 Å². The molecular weight excluding hydrogens is 434 g/mol. The quantitative estimate of drug-likeness (QED) is 0.515. The summed E-state index contributed by atoms with van der Waals surface area (Å²) in [4.78, 5) is 12.3. The first-order chi connectivity index (χ1) is 12.7. The second-order valence-electron chi connectivity index (χ2n) is 5.71. The van der Waals surface area contributed by atoms with E-state index in [1.54, 1.807) is 31.2 Å². The SMILES string of the molecule is COc1cccc(N(CC(=O)N/N=C(/C)c2ccc(Br)cc2)S(C)(=O)=O)c1. The summed E-state index contributed by atoms with van der Waals surface area (Å²) in [5, 5.41) is 4.04. The van der Waals surface area contributed by atoms with E-state index in [1.807, 2.05) is 24.3 Å². The molecule has 144 valence electrons. The van der Waals surface area contributed by atoms with Gasteiger partial charge in [-0.2, -0.15) is 5.10 Å². The van der Waals surface area contributed by atoms with Crippen molar-refractivity contribution < 1.29 is 17.9 Å². The number of methoxy groups -OCH3 is 1. The van der Waals surface area contributed by atoms with Gasteiger partial charge in [0.1, 0.15) is 12.3 Å². The zero-order valence-corrected chi connectivity index (χ0v) is 17.5. The van der Waals surface area contributed by atoms with Crippen molar-refractivity contribution in [2.24, 2.45) is 5.10 Å². The van der Waals surface area contributed by atoms with E-state index in [-0.39, 0.29) is 0 Å². The fourth-order valence-corrected chi connectivity index (χ4v) is 3.35. The van der Waals surface area contributed by atoms with Crippen LogP contribution in [0.2, 0.25) is 0 Å². The number of amides is 1. The van der Waals surface area contributed by atoms with Crippen molar-refractivity contribution >= 4 is 43.3 Å². The van der Waals surface area contributed by atoms with E-state index in [2.05, 4.69) is 26.5 Å². The maximum Gasteiger partial charge on any atom is 0.260 e. The highest BCUT2D eigenvalue weighted by Crippen LogP contribution is 2.22. The summed E-state index contributed by atoms with van der Waals surface area (Å²) in [6.07, 6.45) is 1.04. The summed E-state index contributed by atoms with van der Waals surface area (Å²) in [5.74, 6) is -0.0645. The molecule has 0 bridgehead atoms. The van der Waals surface area contributed by atoms with Gasteiger partial charge in [-0.15, -0.1) is 0 Å². The molecule has 0 heterocycles. The molecule has 0 aliphatic rings. The van der Waals surface area contributed by atoms with Gasteiger partial charge in [0.25, 0.3) is 5.91 Å². The normalized spacial score (nSPS) is 11.8. The predicted octanol–water partition coefficient (Wildman–Crippen LogP) is 2.76. The average Bonchev–Trinajstić information content (AvgIpc) is 2.63. The minimum Gasteiger partial charge on any atom is -0.497 e. The van der Waals surface area contributed by atoms with Gasteiger partial charge in [0.2, 0.25) is 10.0 Å². The maximum absolute atomic E-state index is 12.3. The fourth-order valence-electron chi connectivity index (χ4n) is 2.23. The number of hydrogen-bond donors (Lipinski definition) is 1. The van der Waals surface area contributed by atoms with Crippen molar-refractivity contribution in [3.8, 4) is 5.75 Å². The van der Waals surface area contributed by atoms with Crippen LogP contribution >= 0.6 is 15.9 Å². The molecule has 0 saturated carbocycles. The zero-order chi connectivity index (χ0) is 20.0. The topological polar surface area (TPSA) is 88.1 Å². The molecular formula is C18H20BrN3O4S. The first-order valence-corrected chi connectivity index (χ1v) is 10.6. The molecule has 2 aromatic rings. The standard InChI is InChI=1S/C18H20BrN3O4S/c1-13(14-7-9-15(19)10-8-14)20-21-18(23)12-22(27(3,24)25)16-5-4-6-17(11-16)26-2/h4-11H,12H2,1-3H3,(H,21,23)/b20-13-. The van der Waals surface area contributed by atoms with Crippen molar-refractivity contribution in [3.63, 3.8) is 0 Å². The third kappa shape index (κ3) is 6.07. The molecule has 0 aromatic heterocycles.